The summed E-state index contributed by atoms with van der Waals surface area (Å²) in [5.74, 6) is 0.864. The summed E-state index contributed by atoms with van der Waals surface area (Å²) in [6, 6.07) is 10.0. The molecule has 0 saturated carbocycles. The van der Waals surface area contributed by atoms with Gasteiger partial charge in [0.2, 0.25) is 0 Å². The lowest BCUT2D eigenvalue weighted by atomic mass is 10.2. The molecule has 0 aliphatic rings. The zero-order valence-corrected chi connectivity index (χ0v) is 11.5. The van der Waals surface area contributed by atoms with Gasteiger partial charge < -0.3 is 9.84 Å². The number of nitrogens with one attached hydrogen (secondary N) is 1. The molecule has 0 radical (unpaired) electrons. The first kappa shape index (κ1) is 12.5. The van der Waals surface area contributed by atoms with Crippen molar-refractivity contribution in [3.63, 3.8) is 0 Å². The van der Waals surface area contributed by atoms with Crippen molar-refractivity contribution in [3.05, 3.63) is 59.7 Å². The summed E-state index contributed by atoms with van der Waals surface area (Å²) >= 11 is 0. The van der Waals surface area contributed by atoms with Gasteiger partial charge >= 0.3 is 0 Å². The number of aryl methyl sites for hydroxylation is 2. The van der Waals surface area contributed by atoms with Crippen molar-refractivity contribution < 1.29 is 4.52 Å². The van der Waals surface area contributed by atoms with Gasteiger partial charge in [-0.15, -0.1) is 0 Å². The first-order valence-corrected chi connectivity index (χ1v) is 6.50. The SMILES string of the molecule is Cc1noc(C)c1CNc1ccc(-n2cccn2)cc1. The van der Waals surface area contributed by atoms with Crippen molar-refractivity contribution >= 4 is 5.69 Å². The zero-order valence-electron chi connectivity index (χ0n) is 11.5. The Morgan fingerprint density at radius 1 is 1.20 bits per heavy atom. The largest absolute Gasteiger partial charge is 0.381 e. The molecule has 1 N–H and O–H groups in total. The number of hydrogen-bond acceptors (Lipinski definition) is 4. The average Bonchev–Trinajstić information content (AvgIpc) is 3.09. The first-order valence-electron chi connectivity index (χ1n) is 6.50. The summed E-state index contributed by atoms with van der Waals surface area (Å²) < 4.78 is 6.98. The second-order valence-electron chi connectivity index (χ2n) is 4.65. The number of hydrogen-bond donors (Lipinski definition) is 1. The number of aromatic nitrogens is 3. The Morgan fingerprint density at radius 3 is 2.60 bits per heavy atom. The summed E-state index contributed by atoms with van der Waals surface area (Å²) in [6.07, 6.45) is 3.69. The fourth-order valence-electron chi connectivity index (χ4n) is 2.10. The van der Waals surface area contributed by atoms with Gasteiger partial charge in [-0.25, -0.2) is 4.68 Å². The molecule has 0 spiro atoms. The number of rotatable bonds is 4. The third kappa shape index (κ3) is 2.42. The maximum Gasteiger partial charge on any atom is 0.138 e. The van der Waals surface area contributed by atoms with E-state index in [4.69, 9.17) is 4.52 Å². The molecule has 3 aromatic rings. The Labute approximate surface area is 117 Å². The smallest absolute Gasteiger partial charge is 0.138 e. The molecule has 1 aromatic carbocycles. The van der Waals surface area contributed by atoms with Gasteiger partial charge in [-0.05, 0) is 44.2 Å². The molecule has 0 aliphatic heterocycles. The van der Waals surface area contributed by atoms with Gasteiger partial charge in [0, 0.05) is 30.2 Å². The second kappa shape index (κ2) is 5.21. The Balaban J connectivity index is 1.70. The van der Waals surface area contributed by atoms with Gasteiger partial charge in [0.05, 0.1) is 11.4 Å². The van der Waals surface area contributed by atoms with Gasteiger partial charge in [0.25, 0.3) is 0 Å². The number of benzene rings is 1. The van der Waals surface area contributed by atoms with Gasteiger partial charge in [-0.1, -0.05) is 5.16 Å². The highest BCUT2D eigenvalue weighted by molar-refractivity contribution is 5.49. The highest BCUT2D eigenvalue weighted by Crippen LogP contribution is 2.16. The van der Waals surface area contributed by atoms with Crippen LogP contribution in [0.15, 0.2) is 47.2 Å². The predicted octanol–water partition coefficient (Wildman–Crippen LogP) is 3.09. The Kier molecular flexibility index (Phi) is 3.25. The normalized spacial score (nSPS) is 10.7. The van der Waals surface area contributed by atoms with Crippen LogP contribution in [0.3, 0.4) is 0 Å². The molecule has 0 saturated heterocycles. The van der Waals surface area contributed by atoms with Crippen LogP contribution in [0.2, 0.25) is 0 Å². The van der Waals surface area contributed by atoms with Crippen molar-refractivity contribution in [2.24, 2.45) is 0 Å². The fraction of sp³-hybridized carbons (Fsp3) is 0.200. The quantitative estimate of drug-likeness (QED) is 0.790. The number of anilines is 1. The van der Waals surface area contributed by atoms with E-state index >= 15 is 0 Å². The lowest BCUT2D eigenvalue weighted by molar-refractivity contribution is 0.392. The number of nitrogens with zero attached hydrogens (tertiary/aromatic N) is 3. The third-order valence-corrected chi connectivity index (χ3v) is 3.29. The molecule has 20 heavy (non-hydrogen) atoms. The lowest BCUT2D eigenvalue weighted by Crippen LogP contribution is -2.02. The van der Waals surface area contributed by atoms with Gasteiger partial charge in [-0.2, -0.15) is 5.10 Å². The van der Waals surface area contributed by atoms with E-state index in [9.17, 15) is 0 Å². The van der Waals surface area contributed by atoms with E-state index < -0.39 is 0 Å². The minimum atomic E-state index is 0.711. The lowest BCUT2D eigenvalue weighted by Gasteiger charge is -2.07. The van der Waals surface area contributed by atoms with Crippen LogP contribution in [-0.2, 0) is 6.54 Å². The van der Waals surface area contributed by atoms with Crippen molar-refractivity contribution in [1.82, 2.24) is 14.9 Å². The van der Waals surface area contributed by atoms with E-state index in [1.807, 2.05) is 55.1 Å². The standard InChI is InChI=1S/C15H16N4O/c1-11-15(12(2)20-18-11)10-16-13-4-6-14(7-5-13)19-9-3-8-17-19/h3-9,16H,10H2,1-2H3. The van der Waals surface area contributed by atoms with E-state index in [-0.39, 0.29) is 0 Å². The molecule has 102 valence electrons. The van der Waals surface area contributed by atoms with Crippen LogP contribution >= 0.6 is 0 Å². The zero-order chi connectivity index (χ0) is 13.9. The molecular formula is C15H16N4O. The molecule has 2 heterocycles. The van der Waals surface area contributed by atoms with Crippen LogP contribution in [0.25, 0.3) is 5.69 Å². The van der Waals surface area contributed by atoms with E-state index in [2.05, 4.69) is 15.6 Å². The minimum Gasteiger partial charge on any atom is -0.381 e. The van der Waals surface area contributed by atoms with Crippen LogP contribution in [-0.4, -0.2) is 14.9 Å². The highest BCUT2D eigenvalue weighted by atomic mass is 16.5. The van der Waals surface area contributed by atoms with Gasteiger partial charge in [0.1, 0.15) is 5.76 Å². The summed E-state index contributed by atoms with van der Waals surface area (Å²) in [6.45, 7) is 4.59. The van der Waals surface area contributed by atoms with Gasteiger partial charge in [-0.3, -0.25) is 0 Å². The molecule has 0 aliphatic carbocycles. The molecular weight excluding hydrogens is 252 g/mol. The molecule has 5 heteroatoms. The van der Waals surface area contributed by atoms with E-state index in [0.29, 0.717) is 6.54 Å². The van der Waals surface area contributed by atoms with Gasteiger partial charge in [0.15, 0.2) is 0 Å². The predicted molar refractivity (Wildman–Crippen MR) is 76.9 cm³/mol. The Bertz CT molecular complexity index is 664. The van der Waals surface area contributed by atoms with E-state index in [0.717, 1.165) is 28.4 Å². The molecule has 0 unspecified atom stereocenters. The van der Waals surface area contributed by atoms with E-state index in [1.54, 1.807) is 6.20 Å². The maximum atomic E-state index is 5.15. The second-order valence-corrected chi connectivity index (χ2v) is 4.65. The van der Waals surface area contributed by atoms with Crippen LogP contribution in [0.4, 0.5) is 5.69 Å². The van der Waals surface area contributed by atoms with Crippen molar-refractivity contribution in [2.75, 3.05) is 5.32 Å². The average molecular weight is 268 g/mol. The maximum absolute atomic E-state index is 5.15. The summed E-state index contributed by atoms with van der Waals surface area (Å²) in [5, 5.41) is 11.5. The molecule has 0 fully saturated rings. The monoisotopic (exact) mass is 268 g/mol. The van der Waals surface area contributed by atoms with Crippen molar-refractivity contribution in [1.29, 1.82) is 0 Å². The van der Waals surface area contributed by atoms with Crippen LogP contribution < -0.4 is 5.32 Å². The molecule has 0 bridgehead atoms. The molecule has 0 atom stereocenters. The Hall–Kier alpha value is -2.56. The van der Waals surface area contributed by atoms with Crippen molar-refractivity contribution in [2.45, 2.75) is 20.4 Å². The molecule has 5 nitrogen and oxygen atoms in total. The van der Waals surface area contributed by atoms with E-state index in [1.165, 1.54) is 0 Å². The third-order valence-electron chi connectivity index (χ3n) is 3.29. The Morgan fingerprint density at radius 2 is 2.00 bits per heavy atom. The van der Waals surface area contributed by atoms with Crippen LogP contribution in [0.1, 0.15) is 17.0 Å². The molecule has 2 aromatic heterocycles. The summed E-state index contributed by atoms with van der Waals surface area (Å²) in [4.78, 5) is 0. The molecule has 0 amide bonds. The van der Waals surface area contributed by atoms with Crippen LogP contribution in [0.5, 0.6) is 0 Å². The summed E-state index contributed by atoms with van der Waals surface area (Å²) in [7, 11) is 0. The molecule has 3 rings (SSSR count). The first-order chi connectivity index (χ1) is 9.74. The highest BCUT2D eigenvalue weighted by Gasteiger charge is 2.08. The summed E-state index contributed by atoms with van der Waals surface area (Å²) in [5.41, 5.74) is 4.14. The fourth-order valence-corrected chi connectivity index (χ4v) is 2.10. The topological polar surface area (TPSA) is 55.9 Å². The minimum absolute atomic E-state index is 0.711. The van der Waals surface area contributed by atoms with Crippen LogP contribution in [0, 0.1) is 13.8 Å². The van der Waals surface area contributed by atoms with Crippen molar-refractivity contribution in [3.8, 4) is 5.69 Å².